The Hall–Kier alpha value is -0.720. The van der Waals surface area contributed by atoms with Gasteiger partial charge in [0.05, 0.1) is 19.6 Å². The van der Waals surface area contributed by atoms with Crippen molar-refractivity contribution in [2.45, 2.75) is 24.9 Å². The van der Waals surface area contributed by atoms with Crippen LogP contribution in [0.5, 0.6) is 0 Å². The highest BCUT2D eigenvalue weighted by molar-refractivity contribution is 4.78. The van der Waals surface area contributed by atoms with Crippen LogP contribution in [0, 0.1) is 10.1 Å². The molecular formula is C6H10N2O4. The normalized spacial score (nSPS) is 36.3. The summed E-state index contributed by atoms with van der Waals surface area (Å²) in [4.78, 5) is 20.5. The first-order valence-electron chi connectivity index (χ1n) is 3.96. The van der Waals surface area contributed by atoms with Gasteiger partial charge in [-0.2, -0.15) is 0 Å². The summed E-state index contributed by atoms with van der Waals surface area (Å²) in [5.74, 6) is 0. The first-order chi connectivity index (χ1) is 5.76. The van der Waals surface area contributed by atoms with E-state index in [2.05, 4.69) is 0 Å². The third-order valence-electron chi connectivity index (χ3n) is 2.32. The molecule has 2 saturated heterocycles. The number of hydrogen-bond donors (Lipinski definition) is 0. The smallest absolute Gasteiger partial charge is 0.268 e. The Balaban J connectivity index is 2.23. The minimum atomic E-state index is -1.10. The highest BCUT2D eigenvalue weighted by Crippen LogP contribution is 2.35. The topological polar surface area (TPSA) is 64.8 Å². The first kappa shape index (κ1) is 7.90. The Labute approximate surface area is 69.1 Å². The summed E-state index contributed by atoms with van der Waals surface area (Å²) in [5.41, 5.74) is -1.10. The molecule has 2 aliphatic heterocycles. The Morgan fingerprint density at radius 2 is 2.08 bits per heavy atom. The van der Waals surface area contributed by atoms with E-state index in [1.807, 2.05) is 0 Å². The van der Waals surface area contributed by atoms with Crippen LogP contribution in [0.3, 0.4) is 0 Å². The van der Waals surface area contributed by atoms with Crippen molar-refractivity contribution in [1.82, 2.24) is 5.23 Å². The zero-order chi connectivity index (χ0) is 8.60. The third-order valence-corrected chi connectivity index (χ3v) is 2.32. The van der Waals surface area contributed by atoms with Crippen molar-refractivity contribution in [3.63, 3.8) is 0 Å². The molecule has 1 atom stereocenters. The molecule has 2 fully saturated rings. The number of nitrogens with zero attached hydrogens (tertiary/aromatic N) is 2. The molecular weight excluding hydrogens is 164 g/mol. The Morgan fingerprint density at radius 1 is 1.33 bits per heavy atom. The van der Waals surface area contributed by atoms with E-state index in [4.69, 9.17) is 9.68 Å². The van der Waals surface area contributed by atoms with Crippen LogP contribution in [0.2, 0.25) is 0 Å². The van der Waals surface area contributed by atoms with Crippen LogP contribution in [-0.4, -0.2) is 29.0 Å². The molecule has 6 heteroatoms. The van der Waals surface area contributed by atoms with Gasteiger partial charge < -0.3 is 0 Å². The van der Waals surface area contributed by atoms with E-state index < -0.39 is 5.66 Å². The van der Waals surface area contributed by atoms with E-state index in [1.165, 1.54) is 0 Å². The standard InChI is InChI=1S/C6H10N2O4/c9-7(10)6-2-1-4-11-8(6)12-5-3-6/h1-5H2. The molecule has 0 amide bonds. The molecule has 0 bridgehead atoms. The molecule has 68 valence electrons. The molecule has 0 radical (unpaired) electrons. The summed E-state index contributed by atoms with van der Waals surface area (Å²) >= 11 is 0. The van der Waals surface area contributed by atoms with Crippen LogP contribution >= 0.6 is 0 Å². The molecule has 2 rings (SSSR count). The van der Waals surface area contributed by atoms with Gasteiger partial charge in [0, 0.05) is 16.6 Å². The minimum absolute atomic E-state index is 0.306. The summed E-state index contributed by atoms with van der Waals surface area (Å²) in [5, 5.41) is 11.8. The second-order valence-electron chi connectivity index (χ2n) is 3.02. The summed E-state index contributed by atoms with van der Waals surface area (Å²) < 4.78 is 0. The van der Waals surface area contributed by atoms with Crippen LogP contribution in [0.15, 0.2) is 0 Å². The predicted molar refractivity (Wildman–Crippen MR) is 37.3 cm³/mol. The lowest BCUT2D eigenvalue weighted by Gasteiger charge is -2.30. The van der Waals surface area contributed by atoms with Gasteiger partial charge in [-0.3, -0.25) is 19.8 Å². The molecule has 0 aromatic heterocycles. The lowest BCUT2D eigenvalue weighted by molar-refractivity contribution is -0.656. The fourth-order valence-electron chi connectivity index (χ4n) is 1.63. The van der Waals surface area contributed by atoms with Gasteiger partial charge in [-0.15, -0.1) is 0 Å². The lowest BCUT2D eigenvalue weighted by atomic mass is 10.0. The molecule has 2 heterocycles. The summed E-state index contributed by atoms with van der Waals surface area (Å²) in [6.45, 7) is 0.885. The number of hydrogen-bond acceptors (Lipinski definition) is 5. The van der Waals surface area contributed by atoms with E-state index in [0.717, 1.165) is 11.6 Å². The average Bonchev–Trinajstić information content (AvgIpc) is 2.48. The van der Waals surface area contributed by atoms with Gasteiger partial charge in [-0.05, 0) is 6.42 Å². The zero-order valence-electron chi connectivity index (χ0n) is 6.56. The summed E-state index contributed by atoms with van der Waals surface area (Å²) in [6.07, 6.45) is 1.65. The van der Waals surface area contributed by atoms with E-state index in [1.54, 1.807) is 0 Å². The van der Waals surface area contributed by atoms with Gasteiger partial charge >= 0.3 is 5.66 Å². The fourth-order valence-corrected chi connectivity index (χ4v) is 1.63. The molecule has 1 unspecified atom stereocenters. The van der Waals surface area contributed by atoms with Crippen LogP contribution in [0.4, 0.5) is 0 Å². The Bertz CT molecular complexity index is 210. The van der Waals surface area contributed by atoms with Crippen molar-refractivity contribution >= 4 is 0 Å². The van der Waals surface area contributed by atoms with Crippen molar-refractivity contribution in [1.29, 1.82) is 0 Å². The van der Waals surface area contributed by atoms with Crippen molar-refractivity contribution in [2.24, 2.45) is 0 Å². The molecule has 2 aliphatic rings. The van der Waals surface area contributed by atoms with Gasteiger partial charge in [0.15, 0.2) is 0 Å². The lowest BCUT2D eigenvalue weighted by Crippen LogP contribution is -2.52. The van der Waals surface area contributed by atoms with Crippen LogP contribution in [0.1, 0.15) is 19.3 Å². The third kappa shape index (κ3) is 0.921. The second-order valence-corrected chi connectivity index (χ2v) is 3.02. The molecule has 0 aliphatic carbocycles. The quantitative estimate of drug-likeness (QED) is 0.423. The molecule has 0 aromatic carbocycles. The van der Waals surface area contributed by atoms with E-state index in [9.17, 15) is 10.1 Å². The fraction of sp³-hybridized carbons (Fsp3) is 1.00. The van der Waals surface area contributed by atoms with Gasteiger partial charge in [0.2, 0.25) is 0 Å². The molecule has 0 saturated carbocycles. The van der Waals surface area contributed by atoms with Crippen LogP contribution in [0.25, 0.3) is 0 Å². The predicted octanol–water partition coefficient (Wildman–Crippen LogP) is 0.322. The number of hydroxylamine groups is 2. The SMILES string of the molecule is O=[N+]([O-])C12CCCON1OCC2. The second kappa shape index (κ2) is 2.65. The molecule has 12 heavy (non-hydrogen) atoms. The maximum Gasteiger partial charge on any atom is 0.323 e. The van der Waals surface area contributed by atoms with E-state index >= 15 is 0 Å². The summed E-state index contributed by atoms with van der Waals surface area (Å²) in [6, 6.07) is 0. The van der Waals surface area contributed by atoms with Crippen molar-refractivity contribution in [2.75, 3.05) is 13.2 Å². The maximum atomic E-state index is 10.8. The van der Waals surface area contributed by atoms with Gasteiger partial charge in [-0.1, -0.05) is 0 Å². The molecule has 0 spiro atoms. The zero-order valence-corrected chi connectivity index (χ0v) is 6.56. The van der Waals surface area contributed by atoms with Crippen LogP contribution < -0.4 is 0 Å². The molecule has 6 nitrogen and oxygen atoms in total. The number of nitro groups is 1. The van der Waals surface area contributed by atoms with E-state index in [-0.39, 0.29) is 4.92 Å². The number of fused-ring (bicyclic) bond motifs is 1. The van der Waals surface area contributed by atoms with Gasteiger partial charge in [0.1, 0.15) is 0 Å². The Kier molecular flexibility index (Phi) is 1.75. The first-order valence-corrected chi connectivity index (χ1v) is 3.96. The summed E-state index contributed by atoms with van der Waals surface area (Å²) in [7, 11) is 0. The minimum Gasteiger partial charge on any atom is -0.268 e. The van der Waals surface area contributed by atoms with Gasteiger partial charge in [-0.25, -0.2) is 0 Å². The largest absolute Gasteiger partial charge is 0.323 e. The van der Waals surface area contributed by atoms with Crippen molar-refractivity contribution in [3.05, 3.63) is 10.1 Å². The van der Waals surface area contributed by atoms with Crippen molar-refractivity contribution < 1.29 is 14.6 Å². The molecule has 0 N–H and O–H groups in total. The highest BCUT2D eigenvalue weighted by Gasteiger charge is 2.56. The maximum absolute atomic E-state index is 10.8. The van der Waals surface area contributed by atoms with Crippen molar-refractivity contribution in [3.8, 4) is 0 Å². The average molecular weight is 174 g/mol. The molecule has 0 aromatic rings. The highest BCUT2D eigenvalue weighted by atomic mass is 17.0. The van der Waals surface area contributed by atoms with Crippen LogP contribution in [-0.2, 0) is 9.68 Å². The van der Waals surface area contributed by atoms with E-state index in [0.29, 0.717) is 26.1 Å². The number of rotatable bonds is 1. The van der Waals surface area contributed by atoms with Gasteiger partial charge in [0.25, 0.3) is 0 Å². The Morgan fingerprint density at radius 3 is 2.75 bits per heavy atom. The monoisotopic (exact) mass is 174 g/mol.